The van der Waals surface area contributed by atoms with E-state index < -0.39 is 0 Å². The molecule has 3 nitrogen and oxygen atoms in total. The molecule has 0 aromatic heterocycles. The predicted octanol–water partition coefficient (Wildman–Crippen LogP) is 4.74. The molecule has 0 spiro atoms. The Morgan fingerprint density at radius 1 is 1.11 bits per heavy atom. The third-order valence-electron chi connectivity index (χ3n) is 8.93. The molecular formula is C25H38N2O. The lowest BCUT2D eigenvalue weighted by molar-refractivity contribution is -0.187. The van der Waals surface area contributed by atoms with Crippen molar-refractivity contribution in [2.24, 2.45) is 28.1 Å². The molecule has 28 heavy (non-hydrogen) atoms. The second-order valence-corrected chi connectivity index (χ2v) is 11.1. The number of carbonyl (C=O) groups excluding carboxylic acids is 1. The minimum absolute atomic E-state index is 0.0888. The van der Waals surface area contributed by atoms with Crippen LogP contribution in [-0.2, 0) is 4.79 Å². The van der Waals surface area contributed by atoms with Crippen LogP contribution in [0.4, 0.5) is 0 Å². The molecule has 3 heteroatoms. The molecule has 0 aromatic carbocycles. The number of allylic oxidation sites excluding steroid dienone is 4. The Hall–Kier alpha value is -1.09. The number of nitrogens with one attached hydrogen (secondary N) is 2. The van der Waals surface area contributed by atoms with E-state index in [2.05, 4.69) is 41.9 Å². The van der Waals surface area contributed by atoms with Crippen molar-refractivity contribution >= 4 is 5.91 Å². The van der Waals surface area contributed by atoms with Crippen LogP contribution >= 0.6 is 0 Å². The molecule has 0 radical (unpaired) electrons. The van der Waals surface area contributed by atoms with E-state index in [1.165, 1.54) is 38.5 Å². The van der Waals surface area contributed by atoms with E-state index in [1.54, 1.807) is 0 Å². The van der Waals surface area contributed by atoms with E-state index in [9.17, 15) is 4.79 Å². The molecule has 6 aliphatic rings. The summed E-state index contributed by atoms with van der Waals surface area (Å²) in [5.41, 5.74) is 0.699. The fourth-order valence-corrected chi connectivity index (χ4v) is 8.53. The average molecular weight is 383 g/mol. The highest BCUT2D eigenvalue weighted by Crippen LogP contribution is 2.73. The van der Waals surface area contributed by atoms with Crippen molar-refractivity contribution < 1.29 is 4.79 Å². The van der Waals surface area contributed by atoms with Gasteiger partial charge in [-0.3, -0.25) is 4.79 Å². The largest absolute Gasteiger partial charge is 0.353 e. The van der Waals surface area contributed by atoms with Gasteiger partial charge < -0.3 is 10.6 Å². The quantitative estimate of drug-likeness (QED) is 0.721. The lowest BCUT2D eigenvalue weighted by Crippen LogP contribution is -2.63. The third-order valence-corrected chi connectivity index (χ3v) is 8.93. The molecular weight excluding hydrogens is 344 g/mol. The Morgan fingerprint density at radius 2 is 1.96 bits per heavy atom. The molecule has 2 N–H and O–H groups in total. The zero-order valence-electron chi connectivity index (χ0n) is 17.6. The van der Waals surface area contributed by atoms with E-state index >= 15 is 0 Å². The van der Waals surface area contributed by atoms with Gasteiger partial charge in [-0.15, -0.1) is 0 Å². The van der Waals surface area contributed by atoms with E-state index in [1.807, 2.05) is 0 Å². The zero-order chi connectivity index (χ0) is 19.2. The third kappa shape index (κ3) is 3.09. The molecule has 154 valence electrons. The molecule has 3 unspecified atom stereocenters. The first kappa shape index (κ1) is 18.9. The Balaban J connectivity index is 1.45. The summed E-state index contributed by atoms with van der Waals surface area (Å²) in [6.07, 6.45) is 22.8. The van der Waals surface area contributed by atoms with Crippen molar-refractivity contribution in [3.8, 4) is 0 Å². The van der Waals surface area contributed by atoms with Crippen LogP contribution in [0.5, 0.6) is 0 Å². The molecule has 4 bridgehead atoms. The number of carbonyl (C=O) groups is 1. The predicted molar refractivity (Wildman–Crippen MR) is 114 cm³/mol. The van der Waals surface area contributed by atoms with E-state index in [0.29, 0.717) is 28.7 Å². The second kappa shape index (κ2) is 7.00. The monoisotopic (exact) mass is 382 g/mol. The van der Waals surface area contributed by atoms with E-state index in [-0.39, 0.29) is 5.41 Å². The average Bonchev–Trinajstić information content (AvgIpc) is 2.68. The van der Waals surface area contributed by atoms with Crippen molar-refractivity contribution in [2.75, 3.05) is 13.1 Å². The maximum Gasteiger partial charge on any atom is 0.226 e. The van der Waals surface area contributed by atoms with Crippen molar-refractivity contribution in [2.45, 2.75) is 83.6 Å². The summed E-state index contributed by atoms with van der Waals surface area (Å²) in [4.78, 5) is 13.8. The van der Waals surface area contributed by atoms with Crippen LogP contribution in [-0.4, -0.2) is 25.0 Å². The molecule has 5 aliphatic carbocycles. The van der Waals surface area contributed by atoms with Gasteiger partial charge in [-0.2, -0.15) is 0 Å². The summed E-state index contributed by atoms with van der Waals surface area (Å²) in [6, 6.07) is 0.386. The summed E-state index contributed by atoms with van der Waals surface area (Å²) >= 11 is 0. The van der Waals surface area contributed by atoms with Crippen LogP contribution in [0.3, 0.4) is 0 Å². The molecule has 1 heterocycles. The Morgan fingerprint density at radius 3 is 2.71 bits per heavy atom. The van der Waals surface area contributed by atoms with Gasteiger partial charge in [0.05, 0.1) is 5.41 Å². The fraction of sp³-hybridized carbons (Fsp3) is 0.800. The maximum atomic E-state index is 13.8. The summed E-state index contributed by atoms with van der Waals surface area (Å²) in [6.45, 7) is 4.43. The molecule has 0 aromatic rings. The summed E-state index contributed by atoms with van der Waals surface area (Å²) in [5, 5.41) is 6.97. The van der Waals surface area contributed by atoms with Crippen molar-refractivity contribution in [3.63, 3.8) is 0 Å². The molecule has 5 fully saturated rings. The summed E-state index contributed by atoms with van der Waals surface area (Å²) < 4.78 is 0. The standard InChI is InChI=1S/C25H38N2O/c1-2-10-23-13-19-14-24(16-23,20-6-4-3-5-7-20)18-25(15-19,17-23)22(28)27-21-8-11-26-12-9-21/h3-6,19-21,26H,2,7-18H2,1H3,(H,27,28)/t19?,20?,23-,24-,25?/m1/s1. The van der Waals surface area contributed by atoms with Crippen LogP contribution in [0.15, 0.2) is 24.3 Å². The van der Waals surface area contributed by atoms with Gasteiger partial charge in [0.25, 0.3) is 0 Å². The van der Waals surface area contributed by atoms with E-state index in [4.69, 9.17) is 0 Å². The highest BCUT2D eigenvalue weighted by atomic mass is 16.2. The minimum Gasteiger partial charge on any atom is -0.353 e. The van der Waals surface area contributed by atoms with E-state index in [0.717, 1.165) is 51.1 Å². The zero-order valence-corrected chi connectivity index (χ0v) is 17.6. The molecule has 1 aliphatic heterocycles. The number of hydrogen-bond donors (Lipinski definition) is 2. The number of hydrogen-bond acceptors (Lipinski definition) is 2. The van der Waals surface area contributed by atoms with Crippen LogP contribution in [0.25, 0.3) is 0 Å². The van der Waals surface area contributed by atoms with Crippen molar-refractivity contribution in [1.29, 1.82) is 0 Å². The summed E-state index contributed by atoms with van der Waals surface area (Å²) in [5.74, 6) is 1.83. The number of piperidine rings is 1. The maximum absolute atomic E-state index is 13.8. The lowest BCUT2D eigenvalue weighted by atomic mass is 9.36. The first-order chi connectivity index (χ1) is 13.6. The summed E-state index contributed by atoms with van der Waals surface area (Å²) in [7, 11) is 0. The van der Waals surface area contributed by atoms with Gasteiger partial charge in [0.1, 0.15) is 0 Å². The van der Waals surface area contributed by atoms with Crippen LogP contribution < -0.4 is 10.6 Å². The van der Waals surface area contributed by atoms with Crippen LogP contribution in [0.2, 0.25) is 0 Å². The number of rotatable bonds is 5. The Kier molecular flexibility index (Phi) is 4.73. The first-order valence-corrected chi connectivity index (χ1v) is 11.9. The fourth-order valence-electron chi connectivity index (χ4n) is 8.53. The van der Waals surface area contributed by atoms with Gasteiger partial charge in [-0.1, -0.05) is 37.6 Å². The second-order valence-electron chi connectivity index (χ2n) is 11.1. The normalized spacial score (nSPS) is 44.8. The molecule has 5 atom stereocenters. The van der Waals surface area contributed by atoms with Gasteiger partial charge in [0.2, 0.25) is 5.91 Å². The molecule has 1 saturated heterocycles. The van der Waals surface area contributed by atoms with Crippen LogP contribution in [0, 0.1) is 28.1 Å². The highest BCUT2D eigenvalue weighted by molar-refractivity contribution is 5.83. The van der Waals surface area contributed by atoms with Crippen LogP contribution in [0.1, 0.15) is 77.6 Å². The van der Waals surface area contributed by atoms with Crippen molar-refractivity contribution in [1.82, 2.24) is 10.6 Å². The Labute approximate surface area is 170 Å². The number of amides is 1. The Bertz CT molecular complexity index is 678. The highest BCUT2D eigenvalue weighted by Gasteiger charge is 2.66. The van der Waals surface area contributed by atoms with Gasteiger partial charge in [0.15, 0.2) is 0 Å². The lowest BCUT2D eigenvalue weighted by Gasteiger charge is -2.68. The molecule has 6 rings (SSSR count). The smallest absolute Gasteiger partial charge is 0.226 e. The van der Waals surface area contributed by atoms with Gasteiger partial charge in [-0.25, -0.2) is 0 Å². The van der Waals surface area contributed by atoms with Crippen molar-refractivity contribution in [3.05, 3.63) is 24.3 Å². The van der Waals surface area contributed by atoms with Gasteiger partial charge in [0, 0.05) is 6.04 Å². The minimum atomic E-state index is -0.0888. The van der Waals surface area contributed by atoms with Gasteiger partial charge in [-0.05, 0) is 100.0 Å². The topological polar surface area (TPSA) is 41.1 Å². The van der Waals surface area contributed by atoms with Gasteiger partial charge >= 0.3 is 0 Å². The SMILES string of the molecule is CCC[C@]12CC3CC(C(=O)NC4CCNCC4)(C1)C[C@@](C1C=CC=CC1)(C3)C2. The molecule has 1 amide bonds. The first-order valence-electron chi connectivity index (χ1n) is 11.9. The molecule has 4 saturated carbocycles.